The van der Waals surface area contributed by atoms with Gasteiger partial charge >= 0.3 is 5.97 Å². The van der Waals surface area contributed by atoms with Crippen LogP contribution in [0.4, 0.5) is 5.95 Å². The van der Waals surface area contributed by atoms with Crippen molar-refractivity contribution in [3.8, 4) is 0 Å². The van der Waals surface area contributed by atoms with Crippen molar-refractivity contribution in [3.63, 3.8) is 0 Å². The maximum absolute atomic E-state index is 13.5. The number of nitrogens with zero attached hydrogens (tertiary/aromatic N) is 3. The number of aliphatic hydroxyl groups excluding tert-OH is 1. The Balaban J connectivity index is 1.47. The number of aliphatic carboxylic acids is 1. The third-order valence-electron chi connectivity index (χ3n) is 16.2. The zero-order chi connectivity index (χ0) is 36.1. The zero-order valence-electron chi connectivity index (χ0n) is 31.9. The highest BCUT2D eigenvalue weighted by Gasteiger charge is 2.72. The number of carboxylic acid groups (broad SMARTS) is 1. The molecule has 1 aromatic rings. The van der Waals surface area contributed by atoms with Crippen LogP contribution in [0.15, 0.2) is 11.6 Å². The molecule has 10 heteroatoms. The van der Waals surface area contributed by atoms with E-state index in [0.29, 0.717) is 43.4 Å². The molecular formula is C39H65N5O5. The molecule has 4 aliphatic carbocycles. The summed E-state index contributed by atoms with van der Waals surface area (Å²) in [5, 5.41) is 26.2. The Hall–Kier alpha value is -2.01. The molecule has 5 aliphatic rings. The highest BCUT2D eigenvalue weighted by molar-refractivity contribution is 5.73. The van der Waals surface area contributed by atoms with Gasteiger partial charge in [0.15, 0.2) is 5.82 Å². The van der Waals surface area contributed by atoms with E-state index < -0.39 is 22.8 Å². The molecule has 0 amide bonds. The van der Waals surface area contributed by atoms with Crippen LogP contribution in [0.1, 0.15) is 120 Å². The molecule has 0 spiro atoms. The summed E-state index contributed by atoms with van der Waals surface area (Å²) in [7, 11) is 0. The molecule has 6 rings (SSSR count). The van der Waals surface area contributed by atoms with E-state index in [9.17, 15) is 15.0 Å². The number of aromatic nitrogens is 3. The Morgan fingerprint density at radius 2 is 1.82 bits per heavy atom. The lowest BCUT2D eigenvalue weighted by molar-refractivity contribution is -0.253. The van der Waals surface area contributed by atoms with E-state index in [0.717, 1.165) is 38.5 Å². The van der Waals surface area contributed by atoms with E-state index in [1.807, 2.05) is 11.6 Å². The summed E-state index contributed by atoms with van der Waals surface area (Å²) in [4.78, 5) is 17.9. The molecule has 10 nitrogen and oxygen atoms in total. The topological polar surface area (TPSA) is 159 Å². The summed E-state index contributed by atoms with van der Waals surface area (Å²) in [5.41, 5.74) is 12.4. The van der Waals surface area contributed by atoms with Gasteiger partial charge in [0.1, 0.15) is 6.61 Å². The number of anilines is 1. The van der Waals surface area contributed by atoms with Crippen molar-refractivity contribution in [2.45, 2.75) is 132 Å². The summed E-state index contributed by atoms with van der Waals surface area (Å²) in [5.74, 6) is 0.957. The fourth-order valence-electron chi connectivity index (χ4n) is 12.3. The lowest BCUT2D eigenvalue weighted by Crippen LogP contribution is -2.69. The maximum atomic E-state index is 13.5. The second kappa shape index (κ2) is 12.0. The molecule has 49 heavy (non-hydrogen) atoms. The minimum atomic E-state index is -0.646. The van der Waals surface area contributed by atoms with Gasteiger partial charge in [-0.3, -0.25) is 4.79 Å². The standard InChI is InChI=1S/C39H65N5O5/c1-22(2)24(5)34(6)15-16-36(8)25-11-12-28-35(7)19-48-21-39(28,26(25)13-14-37(36,9)30(34)32(46)47)17-27(44-29(18-45)42-33(40)43-44)31(35)49-20-38(10,41)23(3)4/h13,22-25,27-28,30-31,45H,11-12,14-21,41H2,1-10H3,(H2,40,43)(H,46,47)/t24-,25+,27-,28+,30-,31+,34-,35+,36-,37+,38+,39?/m1/s1. The fourth-order valence-corrected chi connectivity index (χ4v) is 12.3. The molecule has 1 saturated heterocycles. The van der Waals surface area contributed by atoms with Gasteiger partial charge < -0.3 is 31.2 Å². The van der Waals surface area contributed by atoms with E-state index in [4.69, 9.17) is 20.9 Å². The second-order valence-corrected chi connectivity index (χ2v) is 19.0. The van der Waals surface area contributed by atoms with E-state index in [1.54, 1.807) is 0 Å². The second-order valence-electron chi connectivity index (χ2n) is 19.0. The summed E-state index contributed by atoms with van der Waals surface area (Å²) >= 11 is 0. The van der Waals surface area contributed by atoms with Crippen molar-refractivity contribution >= 4 is 11.9 Å². The number of nitrogen functional groups attached to an aromatic ring is 1. The first-order chi connectivity index (χ1) is 22.7. The van der Waals surface area contributed by atoms with Crippen LogP contribution in [0.3, 0.4) is 0 Å². The van der Waals surface area contributed by atoms with E-state index >= 15 is 0 Å². The average molecular weight is 684 g/mol. The molecule has 0 radical (unpaired) electrons. The highest BCUT2D eigenvalue weighted by Crippen LogP contribution is 2.75. The molecule has 6 N–H and O–H groups in total. The molecule has 3 saturated carbocycles. The number of carboxylic acids is 1. The number of carbonyl (C=O) groups is 1. The van der Waals surface area contributed by atoms with Gasteiger partial charge in [-0.15, -0.1) is 5.10 Å². The minimum Gasteiger partial charge on any atom is -0.481 e. The van der Waals surface area contributed by atoms with Crippen molar-refractivity contribution in [1.29, 1.82) is 0 Å². The first-order valence-corrected chi connectivity index (χ1v) is 19.0. The molecule has 4 fully saturated rings. The molecule has 12 atom stereocenters. The number of fused-ring (bicyclic) bond motifs is 3. The van der Waals surface area contributed by atoms with Crippen LogP contribution in [-0.2, 0) is 20.9 Å². The zero-order valence-corrected chi connectivity index (χ0v) is 31.9. The first-order valence-electron chi connectivity index (χ1n) is 19.0. The Morgan fingerprint density at radius 3 is 2.43 bits per heavy atom. The van der Waals surface area contributed by atoms with Crippen LogP contribution < -0.4 is 11.5 Å². The monoisotopic (exact) mass is 683 g/mol. The first kappa shape index (κ1) is 36.8. The molecule has 2 heterocycles. The highest BCUT2D eigenvalue weighted by atomic mass is 16.5. The van der Waals surface area contributed by atoms with Crippen LogP contribution in [0.2, 0.25) is 0 Å². The van der Waals surface area contributed by atoms with Gasteiger partial charge in [0.2, 0.25) is 5.95 Å². The van der Waals surface area contributed by atoms with Crippen molar-refractivity contribution in [2.24, 2.45) is 68.3 Å². The third kappa shape index (κ3) is 5.11. The molecule has 2 bridgehead atoms. The Bertz CT molecular complexity index is 1470. The quantitative estimate of drug-likeness (QED) is 0.221. The van der Waals surface area contributed by atoms with Gasteiger partial charge in [0.25, 0.3) is 0 Å². The molecule has 0 aromatic carbocycles. The number of allylic oxidation sites excluding steroid dienone is 1. The molecular weight excluding hydrogens is 618 g/mol. The van der Waals surface area contributed by atoms with Crippen LogP contribution in [-0.4, -0.2) is 62.4 Å². The Kier molecular flexibility index (Phi) is 9.02. The number of aliphatic hydroxyl groups is 1. The third-order valence-corrected chi connectivity index (χ3v) is 16.2. The van der Waals surface area contributed by atoms with Gasteiger partial charge in [-0.2, -0.15) is 4.98 Å². The van der Waals surface area contributed by atoms with Crippen LogP contribution in [0.5, 0.6) is 0 Å². The maximum Gasteiger partial charge on any atom is 0.307 e. The van der Waals surface area contributed by atoms with Crippen molar-refractivity contribution in [3.05, 3.63) is 17.5 Å². The predicted molar refractivity (Wildman–Crippen MR) is 190 cm³/mol. The predicted octanol–water partition coefficient (Wildman–Crippen LogP) is 6.24. The fraction of sp³-hybridized carbons (Fsp3) is 0.872. The minimum absolute atomic E-state index is 0.141. The normalized spacial score (nSPS) is 43.6. The number of ether oxygens (including phenoxy) is 2. The van der Waals surface area contributed by atoms with Gasteiger partial charge in [-0.1, -0.05) is 74.0 Å². The van der Waals surface area contributed by atoms with E-state index in [-0.39, 0.29) is 58.2 Å². The smallest absolute Gasteiger partial charge is 0.307 e. The van der Waals surface area contributed by atoms with Crippen LogP contribution in [0.25, 0.3) is 0 Å². The van der Waals surface area contributed by atoms with Gasteiger partial charge in [-0.05, 0) is 91.3 Å². The Morgan fingerprint density at radius 1 is 1.12 bits per heavy atom. The summed E-state index contributed by atoms with van der Waals surface area (Å²) < 4.78 is 15.5. The van der Waals surface area contributed by atoms with Crippen molar-refractivity contribution < 1.29 is 24.5 Å². The molecule has 1 unspecified atom stereocenters. The van der Waals surface area contributed by atoms with Crippen molar-refractivity contribution in [2.75, 3.05) is 25.6 Å². The van der Waals surface area contributed by atoms with Crippen molar-refractivity contribution in [1.82, 2.24) is 14.8 Å². The largest absolute Gasteiger partial charge is 0.481 e. The lowest BCUT2D eigenvalue weighted by atomic mass is 9.34. The van der Waals surface area contributed by atoms with Crippen LogP contribution in [0, 0.1) is 62.6 Å². The number of rotatable bonds is 9. The number of hydrogen-bond acceptors (Lipinski definition) is 8. The SMILES string of the molecule is CC(C)[C@@H](C)[C@@]1(C)CC[C@]2(C)[C@H]3CC[C@@H]4C5(COC[C@]4(C)[C@@H](OC[C@](C)(N)C(C)C)[C@H](n4nc(N)nc4CO)C5)C3=CC[C@@]2(C)[C@@H]1C(=O)O. The average Bonchev–Trinajstić information content (AvgIpc) is 3.40. The lowest BCUT2D eigenvalue weighted by Gasteiger charge is -2.71. The van der Waals surface area contributed by atoms with Gasteiger partial charge in [0, 0.05) is 16.4 Å². The van der Waals surface area contributed by atoms with E-state index in [1.165, 1.54) is 5.57 Å². The summed E-state index contributed by atoms with van der Waals surface area (Å²) in [6.45, 7) is 23.6. The number of hydrogen-bond donors (Lipinski definition) is 4. The summed E-state index contributed by atoms with van der Waals surface area (Å²) in [6, 6.07) is -0.242. The Labute approximate surface area is 294 Å². The summed E-state index contributed by atoms with van der Waals surface area (Å²) in [6.07, 6.45) is 7.60. The molecule has 276 valence electrons. The molecule has 1 aliphatic heterocycles. The molecule has 1 aromatic heterocycles. The van der Waals surface area contributed by atoms with Gasteiger partial charge in [-0.25, -0.2) is 4.68 Å². The number of nitrogens with two attached hydrogens (primary N) is 2. The van der Waals surface area contributed by atoms with Gasteiger partial charge in [0.05, 0.1) is 37.9 Å². The van der Waals surface area contributed by atoms with Crippen LogP contribution >= 0.6 is 0 Å². The van der Waals surface area contributed by atoms with E-state index in [2.05, 4.69) is 78.5 Å².